The van der Waals surface area contributed by atoms with E-state index in [2.05, 4.69) is 35.1 Å². The van der Waals surface area contributed by atoms with Crippen LogP contribution >= 0.6 is 15.9 Å². The van der Waals surface area contributed by atoms with E-state index in [1.807, 2.05) is 24.3 Å². The van der Waals surface area contributed by atoms with E-state index in [9.17, 15) is 13.6 Å². The van der Waals surface area contributed by atoms with Crippen LogP contribution in [0.5, 0.6) is 0 Å². The van der Waals surface area contributed by atoms with Crippen molar-refractivity contribution in [2.75, 3.05) is 39.3 Å². The average molecular weight is 404 g/mol. The third-order valence-electron chi connectivity index (χ3n) is 4.36. The molecule has 0 unspecified atom stereocenters. The summed E-state index contributed by atoms with van der Waals surface area (Å²) in [6, 6.07) is 7.93. The molecule has 1 aliphatic heterocycles. The van der Waals surface area contributed by atoms with Crippen LogP contribution < -0.4 is 5.32 Å². The Morgan fingerprint density at radius 1 is 1.21 bits per heavy atom. The van der Waals surface area contributed by atoms with Crippen molar-refractivity contribution in [3.8, 4) is 0 Å². The second kappa shape index (κ2) is 8.25. The van der Waals surface area contributed by atoms with E-state index >= 15 is 0 Å². The number of nitrogens with one attached hydrogen (secondary N) is 1. The van der Waals surface area contributed by atoms with Crippen molar-refractivity contribution in [2.24, 2.45) is 0 Å². The molecule has 4 nitrogen and oxygen atoms in total. The van der Waals surface area contributed by atoms with Crippen LogP contribution in [0.3, 0.4) is 0 Å². The molecule has 2 amide bonds. The van der Waals surface area contributed by atoms with Crippen LogP contribution in [0.4, 0.5) is 13.6 Å². The van der Waals surface area contributed by atoms with Gasteiger partial charge in [0.1, 0.15) is 0 Å². The monoisotopic (exact) mass is 403 g/mol. The van der Waals surface area contributed by atoms with Gasteiger partial charge in [0, 0.05) is 42.6 Å². The standard InChI is InChI=1S/C17H24BrF2N3O/c1-17(2,13-3-5-14(18)6-4-13)12-21-16(24)23-9-7-22(8-10-23)11-15(19)20/h3-6,15H,7-12H2,1-2H3,(H,21,24). The number of carbonyl (C=O) groups is 1. The molecule has 7 heteroatoms. The lowest BCUT2D eigenvalue weighted by Crippen LogP contribution is -2.53. The van der Waals surface area contributed by atoms with Gasteiger partial charge in [-0.2, -0.15) is 0 Å². The number of alkyl halides is 2. The van der Waals surface area contributed by atoms with Gasteiger partial charge in [-0.3, -0.25) is 4.90 Å². The number of rotatable bonds is 5. The maximum Gasteiger partial charge on any atom is 0.317 e. The maximum absolute atomic E-state index is 12.4. The molecule has 0 saturated carbocycles. The highest BCUT2D eigenvalue weighted by molar-refractivity contribution is 9.10. The summed E-state index contributed by atoms with van der Waals surface area (Å²) in [5, 5.41) is 2.97. The number of carbonyl (C=O) groups excluding carboxylic acids is 1. The zero-order valence-electron chi connectivity index (χ0n) is 14.1. The SMILES string of the molecule is CC(C)(CNC(=O)N1CCN(CC(F)F)CC1)c1ccc(Br)cc1. The molecule has 0 radical (unpaired) electrons. The number of urea groups is 1. The molecule has 0 aliphatic carbocycles. The lowest BCUT2D eigenvalue weighted by molar-refractivity contribution is 0.0635. The molecule has 0 spiro atoms. The molecule has 1 aliphatic rings. The summed E-state index contributed by atoms with van der Waals surface area (Å²) in [6.45, 7) is 6.42. The van der Waals surface area contributed by atoms with Crippen LogP contribution in [0.15, 0.2) is 28.7 Å². The van der Waals surface area contributed by atoms with Gasteiger partial charge in [-0.25, -0.2) is 13.6 Å². The molecule has 1 fully saturated rings. The fourth-order valence-electron chi connectivity index (χ4n) is 2.74. The van der Waals surface area contributed by atoms with E-state index in [1.54, 1.807) is 9.80 Å². The molecule has 2 rings (SSSR count). The first-order valence-corrected chi connectivity index (χ1v) is 8.86. The minimum Gasteiger partial charge on any atom is -0.337 e. The Morgan fingerprint density at radius 2 is 1.79 bits per heavy atom. The Bertz CT molecular complexity index is 543. The van der Waals surface area contributed by atoms with Crippen LogP contribution in [0.25, 0.3) is 0 Å². The second-order valence-corrected chi connectivity index (χ2v) is 7.64. The Balaban J connectivity index is 1.81. The molecule has 1 saturated heterocycles. The number of benzene rings is 1. The van der Waals surface area contributed by atoms with E-state index < -0.39 is 6.43 Å². The van der Waals surface area contributed by atoms with E-state index in [0.717, 1.165) is 10.0 Å². The van der Waals surface area contributed by atoms with Crippen molar-refractivity contribution in [2.45, 2.75) is 25.7 Å². The molecule has 1 heterocycles. The van der Waals surface area contributed by atoms with Gasteiger partial charge in [-0.15, -0.1) is 0 Å². The topological polar surface area (TPSA) is 35.6 Å². The Labute approximate surface area is 150 Å². The highest BCUT2D eigenvalue weighted by Gasteiger charge is 2.25. The van der Waals surface area contributed by atoms with E-state index in [1.165, 1.54) is 0 Å². The van der Waals surface area contributed by atoms with Gasteiger partial charge >= 0.3 is 6.03 Å². The Hall–Kier alpha value is -1.21. The fourth-order valence-corrected chi connectivity index (χ4v) is 3.00. The third kappa shape index (κ3) is 5.41. The van der Waals surface area contributed by atoms with Gasteiger partial charge in [-0.05, 0) is 17.7 Å². The second-order valence-electron chi connectivity index (χ2n) is 6.73. The highest BCUT2D eigenvalue weighted by atomic mass is 79.9. The van der Waals surface area contributed by atoms with E-state index in [4.69, 9.17) is 0 Å². The summed E-state index contributed by atoms with van der Waals surface area (Å²) < 4.78 is 25.8. The maximum atomic E-state index is 12.4. The van der Waals surface area contributed by atoms with Crippen molar-refractivity contribution in [1.29, 1.82) is 0 Å². The summed E-state index contributed by atoms with van der Waals surface area (Å²) in [5.41, 5.74) is 0.959. The largest absolute Gasteiger partial charge is 0.337 e. The molecular weight excluding hydrogens is 380 g/mol. The number of nitrogens with zero attached hydrogens (tertiary/aromatic N) is 2. The van der Waals surface area contributed by atoms with Crippen LogP contribution in [0, 0.1) is 0 Å². The molecular formula is C17H24BrF2N3O. The van der Waals surface area contributed by atoms with Gasteiger partial charge in [0.05, 0.1) is 6.54 Å². The minimum atomic E-state index is -2.32. The normalized spacial score (nSPS) is 16.5. The number of hydrogen-bond donors (Lipinski definition) is 1. The quantitative estimate of drug-likeness (QED) is 0.818. The lowest BCUT2D eigenvalue weighted by Gasteiger charge is -2.35. The van der Waals surface area contributed by atoms with E-state index in [-0.39, 0.29) is 18.0 Å². The summed E-state index contributed by atoms with van der Waals surface area (Å²) in [4.78, 5) is 15.7. The van der Waals surface area contributed by atoms with Gasteiger partial charge in [-0.1, -0.05) is 41.9 Å². The fraction of sp³-hybridized carbons (Fsp3) is 0.588. The first kappa shape index (κ1) is 19.1. The molecule has 134 valence electrons. The predicted molar refractivity (Wildman–Crippen MR) is 94.6 cm³/mol. The summed E-state index contributed by atoms with van der Waals surface area (Å²) in [5.74, 6) is 0. The Kier molecular flexibility index (Phi) is 6.57. The molecule has 24 heavy (non-hydrogen) atoms. The van der Waals surface area contributed by atoms with Gasteiger partial charge in [0.15, 0.2) is 0 Å². The zero-order chi connectivity index (χ0) is 17.7. The zero-order valence-corrected chi connectivity index (χ0v) is 15.7. The molecule has 0 bridgehead atoms. The Morgan fingerprint density at radius 3 is 2.33 bits per heavy atom. The van der Waals surface area contributed by atoms with Crippen molar-refractivity contribution in [1.82, 2.24) is 15.1 Å². The van der Waals surface area contributed by atoms with Crippen molar-refractivity contribution in [3.63, 3.8) is 0 Å². The van der Waals surface area contributed by atoms with Gasteiger partial charge in [0.2, 0.25) is 0 Å². The summed E-state index contributed by atoms with van der Waals surface area (Å²) >= 11 is 3.42. The lowest BCUT2D eigenvalue weighted by atomic mass is 9.85. The summed E-state index contributed by atoms with van der Waals surface area (Å²) in [7, 11) is 0. The highest BCUT2D eigenvalue weighted by Crippen LogP contribution is 2.24. The smallest absolute Gasteiger partial charge is 0.317 e. The average Bonchev–Trinajstić information content (AvgIpc) is 2.53. The minimum absolute atomic E-state index is 0.128. The van der Waals surface area contributed by atoms with Crippen molar-refractivity contribution >= 4 is 22.0 Å². The molecule has 1 N–H and O–H groups in total. The van der Waals surface area contributed by atoms with Crippen LogP contribution in [-0.2, 0) is 5.41 Å². The molecule has 1 aromatic carbocycles. The summed E-state index contributed by atoms with van der Waals surface area (Å²) in [6.07, 6.45) is -2.32. The van der Waals surface area contributed by atoms with Crippen LogP contribution in [0.1, 0.15) is 19.4 Å². The number of piperazine rings is 1. The number of halogens is 3. The van der Waals surface area contributed by atoms with Crippen LogP contribution in [-0.4, -0.2) is 61.5 Å². The van der Waals surface area contributed by atoms with Crippen molar-refractivity contribution in [3.05, 3.63) is 34.3 Å². The first-order valence-electron chi connectivity index (χ1n) is 8.07. The molecule has 0 aromatic heterocycles. The first-order chi connectivity index (χ1) is 11.3. The number of amides is 2. The third-order valence-corrected chi connectivity index (χ3v) is 4.89. The van der Waals surface area contributed by atoms with Gasteiger partial charge in [0.25, 0.3) is 6.43 Å². The van der Waals surface area contributed by atoms with Gasteiger partial charge < -0.3 is 10.2 Å². The molecule has 1 aromatic rings. The van der Waals surface area contributed by atoms with Crippen LogP contribution in [0.2, 0.25) is 0 Å². The number of hydrogen-bond acceptors (Lipinski definition) is 2. The van der Waals surface area contributed by atoms with Crippen molar-refractivity contribution < 1.29 is 13.6 Å². The molecule has 0 atom stereocenters. The predicted octanol–water partition coefficient (Wildman–Crippen LogP) is 3.32. The van der Waals surface area contributed by atoms with E-state index in [0.29, 0.717) is 32.7 Å².